The van der Waals surface area contributed by atoms with Crippen LogP contribution < -0.4 is 10.6 Å². The standard InChI is InChI=1S/C15H20N4O2/c1-2-21-15(20)19-7-5-18(6-8-19)14-4-3-12(10-16)9-13(14)11-17/h3-4,9H,2,5-8,10,16H2,1H3. The van der Waals surface area contributed by atoms with E-state index in [1.807, 2.05) is 18.2 Å². The first-order valence-corrected chi connectivity index (χ1v) is 7.09. The molecule has 21 heavy (non-hydrogen) atoms. The molecule has 6 heteroatoms. The minimum Gasteiger partial charge on any atom is -0.450 e. The van der Waals surface area contributed by atoms with Gasteiger partial charge in [0.05, 0.1) is 17.9 Å². The summed E-state index contributed by atoms with van der Waals surface area (Å²) < 4.78 is 5.00. The maximum Gasteiger partial charge on any atom is 0.409 e. The van der Waals surface area contributed by atoms with Crippen LogP contribution in [0.5, 0.6) is 0 Å². The van der Waals surface area contributed by atoms with E-state index in [0.717, 1.165) is 11.3 Å². The van der Waals surface area contributed by atoms with Gasteiger partial charge in [0.2, 0.25) is 0 Å². The highest BCUT2D eigenvalue weighted by molar-refractivity contribution is 5.68. The van der Waals surface area contributed by atoms with Gasteiger partial charge in [0.15, 0.2) is 0 Å². The third kappa shape index (κ3) is 3.44. The number of benzene rings is 1. The molecule has 1 saturated heterocycles. The van der Waals surface area contributed by atoms with Crippen LogP contribution in [0.1, 0.15) is 18.1 Å². The summed E-state index contributed by atoms with van der Waals surface area (Å²) in [5, 5.41) is 9.28. The minimum atomic E-state index is -0.267. The highest BCUT2D eigenvalue weighted by atomic mass is 16.6. The molecule has 1 aliphatic rings. The number of nitriles is 1. The van der Waals surface area contributed by atoms with Gasteiger partial charge < -0.3 is 20.3 Å². The van der Waals surface area contributed by atoms with Gasteiger partial charge in [-0.15, -0.1) is 0 Å². The molecular weight excluding hydrogens is 268 g/mol. The Morgan fingerprint density at radius 3 is 2.67 bits per heavy atom. The first kappa shape index (κ1) is 15.1. The Hall–Kier alpha value is -2.26. The zero-order valence-electron chi connectivity index (χ0n) is 12.2. The van der Waals surface area contributed by atoms with Gasteiger partial charge in [-0.25, -0.2) is 4.79 Å². The van der Waals surface area contributed by atoms with Crippen LogP contribution in [0, 0.1) is 11.3 Å². The largest absolute Gasteiger partial charge is 0.450 e. The maximum absolute atomic E-state index is 11.7. The lowest BCUT2D eigenvalue weighted by Gasteiger charge is -2.35. The summed E-state index contributed by atoms with van der Waals surface area (Å²) in [5.41, 5.74) is 8.07. The zero-order chi connectivity index (χ0) is 15.2. The van der Waals surface area contributed by atoms with Gasteiger partial charge in [0, 0.05) is 32.7 Å². The lowest BCUT2D eigenvalue weighted by molar-refractivity contribution is 0.105. The van der Waals surface area contributed by atoms with Crippen LogP contribution in [0.2, 0.25) is 0 Å². The van der Waals surface area contributed by atoms with Crippen molar-refractivity contribution < 1.29 is 9.53 Å². The van der Waals surface area contributed by atoms with Crippen molar-refractivity contribution in [3.63, 3.8) is 0 Å². The molecule has 1 heterocycles. The molecule has 0 spiro atoms. The molecular formula is C15H20N4O2. The van der Waals surface area contributed by atoms with E-state index in [1.165, 1.54) is 0 Å². The SMILES string of the molecule is CCOC(=O)N1CCN(c2ccc(CN)cc2C#N)CC1. The molecule has 1 fully saturated rings. The topological polar surface area (TPSA) is 82.6 Å². The lowest BCUT2D eigenvalue weighted by atomic mass is 10.1. The Kier molecular flexibility index (Phi) is 5.01. The molecule has 0 radical (unpaired) electrons. The van der Waals surface area contributed by atoms with E-state index in [9.17, 15) is 10.1 Å². The number of hydrogen-bond acceptors (Lipinski definition) is 5. The molecule has 2 N–H and O–H groups in total. The zero-order valence-corrected chi connectivity index (χ0v) is 12.2. The van der Waals surface area contributed by atoms with Gasteiger partial charge in [-0.2, -0.15) is 5.26 Å². The quantitative estimate of drug-likeness (QED) is 0.906. The molecule has 0 atom stereocenters. The van der Waals surface area contributed by atoms with Gasteiger partial charge in [-0.3, -0.25) is 0 Å². The molecule has 1 aromatic carbocycles. The van der Waals surface area contributed by atoms with Gasteiger partial charge in [-0.05, 0) is 24.6 Å². The first-order chi connectivity index (χ1) is 10.2. The van der Waals surface area contributed by atoms with Crippen LogP contribution in [0.25, 0.3) is 0 Å². The number of anilines is 1. The average Bonchev–Trinajstić information content (AvgIpc) is 2.54. The summed E-state index contributed by atoms with van der Waals surface area (Å²) in [4.78, 5) is 15.5. The predicted molar refractivity (Wildman–Crippen MR) is 79.9 cm³/mol. The van der Waals surface area contributed by atoms with Crippen molar-refractivity contribution in [3.05, 3.63) is 29.3 Å². The third-order valence-corrected chi connectivity index (χ3v) is 3.56. The molecule has 0 bridgehead atoms. The van der Waals surface area contributed by atoms with Crippen molar-refractivity contribution >= 4 is 11.8 Å². The second-order valence-electron chi connectivity index (χ2n) is 4.84. The summed E-state index contributed by atoms with van der Waals surface area (Å²) in [7, 11) is 0. The molecule has 112 valence electrons. The number of ether oxygens (including phenoxy) is 1. The minimum absolute atomic E-state index is 0.267. The summed E-state index contributed by atoms with van der Waals surface area (Å²) in [6.07, 6.45) is -0.267. The van der Waals surface area contributed by atoms with E-state index in [1.54, 1.807) is 11.8 Å². The van der Waals surface area contributed by atoms with Crippen molar-refractivity contribution in [1.82, 2.24) is 4.90 Å². The lowest BCUT2D eigenvalue weighted by Crippen LogP contribution is -2.49. The molecule has 0 saturated carbocycles. The molecule has 1 amide bonds. The number of rotatable bonds is 3. The highest BCUT2D eigenvalue weighted by Crippen LogP contribution is 2.23. The third-order valence-electron chi connectivity index (χ3n) is 3.56. The van der Waals surface area contributed by atoms with Crippen molar-refractivity contribution in [1.29, 1.82) is 5.26 Å². The second-order valence-corrected chi connectivity index (χ2v) is 4.84. The summed E-state index contributed by atoms with van der Waals surface area (Å²) in [6, 6.07) is 7.92. The van der Waals surface area contributed by atoms with Crippen LogP contribution in [0.4, 0.5) is 10.5 Å². The maximum atomic E-state index is 11.7. The Morgan fingerprint density at radius 2 is 2.10 bits per heavy atom. The Bertz CT molecular complexity index is 545. The average molecular weight is 288 g/mol. The van der Waals surface area contributed by atoms with Crippen molar-refractivity contribution in [3.8, 4) is 6.07 Å². The normalized spacial score (nSPS) is 14.7. The van der Waals surface area contributed by atoms with E-state index < -0.39 is 0 Å². The van der Waals surface area contributed by atoms with Crippen molar-refractivity contribution in [2.24, 2.45) is 5.73 Å². The van der Waals surface area contributed by atoms with Gasteiger partial charge in [-0.1, -0.05) is 6.07 Å². The van der Waals surface area contributed by atoms with Crippen LogP contribution >= 0.6 is 0 Å². The summed E-state index contributed by atoms with van der Waals surface area (Å²) in [5.74, 6) is 0. The van der Waals surface area contributed by atoms with Crippen LogP contribution in [-0.2, 0) is 11.3 Å². The number of piperazine rings is 1. The fourth-order valence-electron chi connectivity index (χ4n) is 2.42. The number of nitrogens with two attached hydrogens (primary N) is 1. The monoisotopic (exact) mass is 288 g/mol. The number of carbonyl (C=O) groups is 1. The Labute approximate surface area is 124 Å². The van der Waals surface area contributed by atoms with Gasteiger partial charge in [0.25, 0.3) is 0 Å². The Balaban J connectivity index is 2.06. The second kappa shape index (κ2) is 6.95. The van der Waals surface area contributed by atoms with E-state index in [0.29, 0.717) is 44.9 Å². The number of hydrogen-bond donors (Lipinski definition) is 1. The van der Waals surface area contributed by atoms with Crippen molar-refractivity contribution in [2.75, 3.05) is 37.7 Å². The fourth-order valence-corrected chi connectivity index (χ4v) is 2.42. The highest BCUT2D eigenvalue weighted by Gasteiger charge is 2.23. The number of carbonyl (C=O) groups excluding carboxylic acids is 1. The van der Waals surface area contributed by atoms with E-state index in [2.05, 4.69) is 11.0 Å². The predicted octanol–water partition coefficient (Wildman–Crippen LogP) is 1.30. The van der Waals surface area contributed by atoms with Gasteiger partial charge in [0.1, 0.15) is 6.07 Å². The number of amides is 1. The van der Waals surface area contributed by atoms with E-state index >= 15 is 0 Å². The fraction of sp³-hybridized carbons (Fsp3) is 0.467. The van der Waals surface area contributed by atoms with Crippen LogP contribution in [0.3, 0.4) is 0 Å². The molecule has 1 aliphatic heterocycles. The number of nitrogens with zero attached hydrogens (tertiary/aromatic N) is 3. The molecule has 0 aromatic heterocycles. The molecule has 6 nitrogen and oxygen atoms in total. The molecule has 2 rings (SSSR count). The Morgan fingerprint density at radius 1 is 1.38 bits per heavy atom. The van der Waals surface area contributed by atoms with E-state index in [4.69, 9.17) is 10.5 Å². The van der Waals surface area contributed by atoms with Crippen LogP contribution in [-0.4, -0.2) is 43.8 Å². The van der Waals surface area contributed by atoms with E-state index in [-0.39, 0.29) is 6.09 Å². The van der Waals surface area contributed by atoms with Crippen LogP contribution in [0.15, 0.2) is 18.2 Å². The smallest absolute Gasteiger partial charge is 0.409 e. The molecule has 0 unspecified atom stereocenters. The summed E-state index contributed by atoms with van der Waals surface area (Å²) in [6.45, 7) is 5.19. The summed E-state index contributed by atoms with van der Waals surface area (Å²) >= 11 is 0. The first-order valence-electron chi connectivity index (χ1n) is 7.09. The van der Waals surface area contributed by atoms with Crippen molar-refractivity contribution in [2.45, 2.75) is 13.5 Å². The molecule has 0 aliphatic carbocycles. The van der Waals surface area contributed by atoms with Gasteiger partial charge >= 0.3 is 6.09 Å². The molecule has 1 aromatic rings.